The molecule has 0 aliphatic rings. The van der Waals surface area contributed by atoms with E-state index < -0.39 is 0 Å². The van der Waals surface area contributed by atoms with Crippen molar-refractivity contribution in [2.75, 3.05) is 13.6 Å². The monoisotopic (exact) mass is 303 g/mol. The van der Waals surface area contributed by atoms with Gasteiger partial charge in [-0.3, -0.25) is 9.88 Å². The summed E-state index contributed by atoms with van der Waals surface area (Å²) in [5.41, 5.74) is 3.69. The van der Waals surface area contributed by atoms with Crippen molar-refractivity contribution in [1.29, 1.82) is 0 Å². The van der Waals surface area contributed by atoms with Crippen LogP contribution in [0.15, 0.2) is 24.3 Å². The molecule has 0 unspecified atom stereocenters. The van der Waals surface area contributed by atoms with Crippen molar-refractivity contribution in [3.8, 4) is 0 Å². The molecule has 4 heteroatoms. The predicted molar refractivity (Wildman–Crippen MR) is 90.6 cm³/mol. The smallest absolute Gasteiger partial charge is 0.0547 e. The lowest BCUT2D eigenvalue weighted by Gasteiger charge is -2.20. The Morgan fingerprint density at radius 3 is 2.71 bits per heavy atom. The maximum absolute atomic E-state index is 4.61. The van der Waals surface area contributed by atoms with Crippen LogP contribution in [0.5, 0.6) is 0 Å². The molecule has 0 aliphatic heterocycles. The van der Waals surface area contributed by atoms with Gasteiger partial charge >= 0.3 is 0 Å². The molecule has 0 spiro atoms. The minimum absolute atomic E-state index is 0.912. The van der Waals surface area contributed by atoms with E-state index in [1.165, 1.54) is 15.3 Å². The summed E-state index contributed by atoms with van der Waals surface area (Å²) < 4.78 is 0. The Hall–Kier alpha value is -1.23. The summed E-state index contributed by atoms with van der Waals surface area (Å²) in [6.45, 7) is 10.4. The summed E-state index contributed by atoms with van der Waals surface area (Å²) >= 11 is 1.90. The molecule has 114 valence electrons. The van der Waals surface area contributed by atoms with Gasteiger partial charge in [-0.25, -0.2) is 0 Å². The highest BCUT2D eigenvalue weighted by Gasteiger charge is 2.10. The van der Waals surface area contributed by atoms with Gasteiger partial charge in [0, 0.05) is 35.1 Å². The second kappa shape index (κ2) is 7.69. The van der Waals surface area contributed by atoms with Crippen LogP contribution in [-0.2, 0) is 19.6 Å². The average Bonchev–Trinajstić information content (AvgIpc) is 2.78. The lowest BCUT2D eigenvalue weighted by molar-refractivity contribution is 0.268. The quantitative estimate of drug-likeness (QED) is 0.848. The molecule has 2 aromatic heterocycles. The zero-order valence-corrected chi connectivity index (χ0v) is 14.3. The minimum Gasteiger partial charge on any atom is -0.315 e. The molecule has 0 bridgehead atoms. The van der Waals surface area contributed by atoms with Crippen LogP contribution in [0.4, 0.5) is 0 Å². The molecule has 1 N–H and O–H groups in total. The molecule has 21 heavy (non-hydrogen) atoms. The second-order valence-electron chi connectivity index (χ2n) is 5.40. The maximum atomic E-state index is 4.61. The van der Waals surface area contributed by atoms with Gasteiger partial charge in [-0.1, -0.05) is 13.0 Å². The molecule has 2 heterocycles. The lowest BCUT2D eigenvalue weighted by Crippen LogP contribution is -2.23. The number of pyridine rings is 1. The highest BCUT2D eigenvalue weighted by atomic mass is 32.1. The molecule has 3 nitrogen and oxygen atoms in total. The van der Waals surface area contributed by atoms with Crippen molar-refractivity contribution < 1.29 is 0 Å². The Morgan fingerprint density at radius 2 is 2.05 bits per heavy atom. The Kier molecular flexibility index (Phi) is 5.91. The van der Waals surface area contributed by atoms with Crippen LogP contribution in [0.1, 0.15) is 33.6 Å². The van der Waals surface area contributed by atoms with Crippen LogP contribution in [0.25, 0.3) is 0 Å². The van der Waals surface area contributed by atoms with E-state index in [4.69, 9.17) is 0 Å². The van der Waals surface area contributed by atoms with Crippen LogP contribution < -0.4 is 5.32 Å². The van der Waals surface area contributed by atoms with Crippen LogP contribution >= 0.6 is 11.3 Å². The molecule has 0 saturated carbocycles. The van der Waals surface area contributed by atoms with Gasteiger partial charge in [0.15, 0.2) is 0 Å². The zero-order chi connectivity index (χ0) is 15.2. The van der Waals surface area contributed by atoms with Crippen LogP contribution in [0, 0.1) is 13.8 Å². The van der Waals surface area contributed by atoms with Crippen molar-refractivity contribution >= 4 is 11.3 Å². The number of aromatic nitrogens is 1. The van der Waals surface area contributed by atoms with Crippen molar-refractivity contribution in [1.82, 2.24) is 15.2 Å². The standard InChI is InChI=1S/C17H25N3S/c1-5-20(12-16-8-6-7-13(2)19-16)11-15-9-17(10-18-4)21-14(15)3/h6-9,18H,5,10-12H2,1-4H3. The van der Waals surface area contributed by atoms with Gasteiger partial charge in [-0.2, -0.15) is 0 Å². The van der Waals surface area contributed by atoms with E-state index in [0.29, 0.717) is 0 Å². The third-order valence-electron chi connectivity index (χ3n) is 3.60. The maximum Gasteiger partial charge on any atom is 0.0547 e. The zero-order valence-electron chi connectivity index (χ0n) is 13.4. The predicted octanol–water partition coefficient (Wildman–Crippen LogP) is 3.50. The van der Waals surface area contributed by atoms with E-state index in [9.17, 15) is 0 Å². The van der Waals surface area contributed by atoms with E-state index in [1.54, 1.807) is 0 Å². The number of hydrogen-bond acceptors (Lipinski definition) is 4. The largest absolute Gasteiger partial charge is 0.315 e. The van der Waals surface area contributed by atoms with Crippen molar-refractivity contribution in [2.24, 2.45) is 0 Å². The van der Waals surface area contributed by atoms with E-state index in [1.807, 2.05) is 31.4 Å². The van der Waals surface area contributed by atoms with Gasteiger partial charge in [0.05, 0.1) is 5.69 Å². The third-order valence-corrected chi connectivity index (χ3v) is 4.69. The fraction of sp³-hybridized carbons (Fsp3) is 0.471. The average molecular weight is 303 g/mol. The molecular weight excluding hydrogens is 278 g/mol. The van der Waals surface area contributed by atoms with Gasteiger partial charge in [-0.15, -0.1) is 11.3 Å². The summed E-state index contributed by atoms with van der Waals surface area (Å²) in [5, 5.41) is 3.22. The Labute approximate surface area is 132 Å². The third kappa shape index (κ3) is 4.63. The van der Waals surface area contributed by atoms with Crippen LogP contribution in [-0.4, -0.2) is 23.5 Å². The first-order valence-electron chi connectivity index (χ1n) is 7.50. The summed E-state index contributed by atoms with van der Waals surface area (Å²) in [6, 6.07) is 8.59. The van der Waals surface area contributed by atoms with Gasteiger partial charge in [0.1, 0.15) is 0 Å². The van der Waals surface area contributed by atoms with Crippen LogP contribution in [0.3, 0.4) is 0 Å². The molecule has 0 aromatic carbocycles. The highest BCUT2D eigenvalue weighted by molar-refractivity contribution is 7.12. The Balaban J connectivity index is 2.05. The van der Waals surface area contributed by atoms with E-state index in [0.717, 1.165) is 37.6 Å². The van der Waals surface area contributed by atoms with E-state index >= 15 is 0 Å². The van der Waals surface area contributed by atoms with Crippen molar-refractivity contribution in [3.05, 3.63) is 51.0 Å². The number of aryl methyl sites for hydroxylation is 2. The molecule has 0 aliphatic carbocycles. The molecule has 0 fully saturated rings. The van der Waals surface area contributed by atoms with Crippen molar-refractivity contribution in [2.45, 2.75) is 40.4 Å². The number of thiophene rings is 1. The molecule has 2 aromatic rings. The van der Waals surface area contributed by atoms with E-state index in [-0.39, 0.29) is 0 Å². The molecule has 0 amide bonds. The first-order chi connectivity index (χ1) is 10.1. The highest BCUT2D eigenvalue weighted by Crippen LogP contribution is 2.23. The summed E-state index contributed by atoms with van der Waals surface area (Å²) in [7, 11) is 2.00. The molecular formula is C17H25N3S. The fourth-order valence-corrected chi connectivity index (χ4v) is 3.51. The summed E-state index contributed by atoms with van der Waals surface area (Å²) in [4.78, 5) is 9.89. The Morgan fingerprint density at radius 1 is 1.24 bits per heavy atom. The number of rotatable bonds is 7. The number of nitrogens with one attached hydrogen (secondary N) is 1. The fourth-order valence-electron chi connectivity index (χ4n) is 2.44. The normalized spacial score (nSPS) is 11.3. The molecule has 0 atom stereocenters. The van der Waals surface area contributed by atoms with Crippen molar-refractivity contribution in [3.63, 3.8) is 0 Å². The minimum atomic E-state index is 0.912. The first kappa shape index (κ1) is 16.1. The van der Waals surface area contributed by atoms with Gasteiger partial charge in [0.2, 0.25) is 0 Å². The van der Waals surface area contributed by atoms with Gasteiger partial charge in [0.25, 0.3) is 0 Å². The summed E-state index contributed by atoms with van der Waals surface area (Å²) in [6.07, 6.45) is 0. The van der Waals surface area contributed by atoms with E-state index in [2.05, 4.69) is 47.2 Å². The summed E-state index contributed by atoms with van der Waals surface area (Å²) in [5.74, 6) is 0. The first-order valence-corrected chi connectivity index (χ1v) is 8.31. The second-order valence-corrected chi connectivity index (χ2v) is 6.74. The topological polar surface area (TPSA) is 28.2 Å². The molecule has 0 radical (unpaired) electrons. The van der Waals surface area contributed by atoms with Crippen LogP contribution in [0.2, 0.25) is 0 Å². The molecule has 2 rings (SSSR count). The molecule has 0 saturated heterocycles. The Bertz CT molecular complexity index is 577. The number of hydrogen-bond donors (Lipinski definition) is 1. The SMILES string of the molecule is CCN(Cc1cccc(C)n1)Cc1cc(CNC)sc1C. The number of nitrogens with zero attached hydrogens (tertiary/aromatic N) is 2. The lowest BCUT2D eigenvalue weighted by atomic mass is 10.2. The van der Waals surface area contributed by atoms with Gasteiger partial charge < -0.3 is 5.32 Å². The van der Waals surface area contributed by atoms with Gasteiger partial charge in [-0.05, 0) is 51.2 Å².